The topological polar surface area (TPSA) is 83.8 Å². The molecule has 0 aliphatic carbocycles. The fourth-order valence-electron chi connectivity index (χ4n) is 3.12. The number of furan rings is 1. The van der Waals surface area contributed by atoms with E-state index in [-0.39, 0.29) is 17.5 Å². The molecule has 1 saturated heterocycles. The van der Waals surface area contributed by atoms with Crippen LogP contribution in [0.15, 0.2) is 52.8 Å². The molecule has 3 rings (SSSR count). The lowest BCUT2D eigenvalue weighted by Gasteiger charge is -2.26. The second-order valence-corrected chi connectivity index (χ2v) is 6.91. The zero-order chi connectivity index (χ0) is 20.5. The number of amides is 2. The van der Waals surface area contributed by atoms with Crippen molar-refractivity contribution in [2.75, 3.05) is 39.4 Å². The van der Waals surface area contributed by atoms with Crippen LogP contribution in [0.3, 0.4) is 0 Å². The summed E-state index contributed by atoms with van der Waals surface area (Å²) in [4.78, 5) is 27.7. The summed E-state index contributed by atoms with van der Waals surface area (Å²) in [6.45, 7) is 6.63. The Hall–Kier alpha value is -2.90. The SMILES string of the molecule is Cc1ccccc1C(=O)N/C(=C\c1ccco1)C(=O)NCCCN1CCOCC1. The van der Waals surface area contributed by atoms with E-state index in [9.17, 15) is 9.59 Å². The second-order valence-electron chi connectivity index (χ2n) is 6.91. The Balaban J connectivity index is 1.60. The lowest BCUT2D eigenvalue weighted by molar-refractivity contribution is -0.117. The standard InChI is InChI=1S/C22H27N3O4/c1-17-6-2-3-8-19(17)21(26)24-20(16-18-7-4-13-29-18)22(27)23-9-5-10-25-11-14-28-15-12-25/h2-4,6-8,13,16H,5,9-12,14-15H2,1H3,(H,23,27)(H,24,26)/b20-16-. The van der Waals surface area contributed by atoms with Gasteiger partial charge in [-0.15, -0.1) is 0 Å². The number of nitrogens with zero attached hydrogens (tertiary/aromatic N) is 1. The van der Waals surface area contributed by atoms with Crippen LogP contribution in [0, 0.1) is 6.92 Å². The number of hydrogen-bond acceptors (Lipinski definition) is 5. The van der Waals surface area contributed by atoms with Crippen molar-refractivity contribution in [3.8, 4) is 0 Å². The molecule has 29 heavy (non-hydrogen) atoms. The maximum atomic E-state index is 12.7. The maximum Gasteiger partial charge on any atom is 0.267 e. The first-order valence-electron chi connectivity index (χ1n) is 9.84. The van der Waals surface area contributed by atoms with Crippen molar-refractivity contribution in [3.63, 3.8) is 0 Å². The minimum Gasteiger partial charge on any atom is -0.465 e. The van der Waals surface area contributed by atoms with E-state index in [1.807, 2.05) is 19.1 Å². The number of carbonyl (C=O) groups excluding carboxylic acids is 2. The number of nitrogens with one attached hydrogen (secondary N) is 2. The van der Waals surface area contributed by atoms with Gasteiger partial charge in [0.25, 0.3) is 11.8 Å². The Labute approximate surface area is 170 Å². The van der Waals surface area contributed by atoms with Gasteiger partial charge in [-0.2, -0.15) is 0 Å². The molecule has 7 heteroatoms. The van der Waals surface area contributed by atoms with Gasteiger partial charge in [0, 0.05) is 31.3 Å². The zero-order valence-electron chi connectivity index (χ0n) is 16.6. The van der Waals surface area contributed by atoms with Crippen molar-refractivity contribution in [2.24, 2.45) is 0 Å². The highest BCUT2D eigenvalue weighted by molar-refractivity contribution is 6.05. The Morgan fingerprint density at radius 1 is 1.14 bits per heavy atom. The number of hydrogen-bond donors (Lipinski definition) is 2. The van der Waals surface area contributed by atoms with E-state index < -0.39 is 0 Å². The molecule has 2 heterocycles. The molecular formula is C22H27N3O4. The molecule has 1 aliphatic rings. The first kappa shape index (κ1) is 20.8. The molecule has 0 saturated carbocycles. The van der Waals surface area contributed by atoms with E-state index in [0.717, 1.165) is 44.8 Å². The monoisotopic (exact) mass is 397 g/mol. The number of benzene rings is 1. The van der Waals surface area contributed by atoms with Gasteiger partial charge in [-0.05, 0) is 43.7 Å². The molecule has 0 radical (unpaired) electrons. The molecule has 1 aromatic carbocycles. The summed E-state index contributed by atoms with van der Waals surface area (Å²) in [6.07, 6.45) is 3.88. The van der Waals surface area contributed by atoms with Gasteiger partial charge in [-0.25, -0.2) is 0 Å². The fraction of sp³-hybridized carbons (Fsp3) is 0.364. The fourth-order valence-corrected chi connectivity index (χ4v) is 3.12. The average molecular weight is 397 g/mol. The van der Waals surface area contributed by atoms with Gasteiger partial charge in [0.2, 0.25) is 0 Å². The molecule has 0 unspecified atom stereocenters. The predicted octanol–water partition coefficient (Wildman–Crippen LogP) is 2.20. The zero-order valence-corrected chi connectivity index (χ0v) is 16.6. The summed E-state index contributed by atoms with van der Waals surface area (Å²) in [7, 11) is 0. The molecular weight excluding hydrogens is 370 g/mol. The Bertz CT molecular complexity index is 840. The van der Waals surface area contributed by atoms with Crippen molar-refractivity contribution in [3.05, 3.63) is 65.2 Å². The normalized spacial score (nSPS) is 15.1. The van der Waals surface area contributed by atoms with E-state index in [2.05, 4.69) is 15.5 Å². The quantitative estimate of drug-likeness (QED) is 0.527. The highest BCUT2D eigenvalue weighted by Gasteiger charge is 2.16. The number of morpholine rings is 1. The number of carbonyl (C=O) groups is 2. The average Bonchev–Trinajstić information content (AvgIpc) is 3.25. The van der Waals surface area contributed by atoms with E-state index in [1.54, 1.807) is 24.3 Å². The minimum atomic E-state index is -0.342. The van der Waals surface area contributed by atoms with Gasteiger partial charge in [0.1, 0.15) is 11.5 Å². The molecule has 0 atom stereocenters. The second kappa shape index (κ2) is 10.6. The van der Waals surface area contributed by atoms with Crippen molar-refractivity contribution in [2.45, 2.75) is 13.3 Å². The van der Waals surface area contributed by atoms with Crippen LogP contribution in [-0.4, -0.2) is 56.1 Å². The van der Waals surface area contributed by atoms with Gasteiger partial charge in [-0.3, -0.25) is 14.5 Å². The van der Waals surface area contributed by atoms with Crippen LogP contribution < -0.4 is 10.6 Å². The van der Waals surface area contributed by atoms with Crippen molar-refractivity contribution >= 4 is 17.9 Å². The van der Waals surface area contributed by atoms with E-state index in [4.69, 9.17) is 9.15 Å². The first-order valence-corrected chi connectivity index (χ1v) is 9.84. The van der Waals surface area contributed by atoms with Crippen LogP contribution in [0.2, 0.25) is 0 Å². The molecule has 0 bridgehead atoms. The van der Waals surface area contributed by atoms with Gasteiger partial charge in [0.15, 0.2) is 0 Å². The largest absolute Gasteiger partial charge is 0.465 e. The third-order valence-corrected chi connectivity index (χ3v) is 4.75. The molecule has 2 amide bonds. The van der Waals surface area contributed by atoms with Gasteiger partial charge < -0.3 is 19.8 Å². The van der Waals surface area contributed by atoms with Crippen LogP contribution in [-0.2, 0) is 9.53 Å². The van der Waals surface area contributed by atoms with Crippen LogP contribution in [0.4, 0.5) is 0 Å². The Kier molecular flexibility index (Phi) is 7.61. The molecule has 2 aromatic rings. The van der Waals surface area contributed by atoms with Crippen LogP contribution >= 0.6 is 0 Å². The number of ether oxygens (including phenoxy) is 1. The van der Waals surface area contributed by atoms with E-state index in [0.29, 0.717) is 17.9 Å². The lowest BCUT2D eigenvalue weighted by Crippen LogP contribution is -2.39. The maximum absolute atomic E-state index is 12.7. The highest BCUT2D eigenvalue weighted by atomic mass is 16.5. The van der Waals surface area contributed by atoms with Crippen molar-refractivity contribution in [1.82, 2.24) is 15.5 Å². The molecule has 7 nitrogen and oxygen atoms in total. The summed E-state index contributed by atoms with van der Waals surface area (Å²) in [5.41, 5.74) is 1.52. The Morgan fingerprint density at radius 2 is 1.93 bits per heavy atom. The summed E-state index contributed by atoms with van der Waals surface area (Å²) in [5, 5.41) is 5.61. The summed E-state index contributed by atoms with van der Waals surface area (Å²) in [5.74, 6) is -0.178. The highest BCUT2D eigenvalue weighted by Crippen LogP contribution is 2.10. The molecule has 0 spiro atoms. The van der Waals surface area contributed by atoms with Crippen LogP contribution in [0.25, 0.3) is 6.08 Å². The van der Waals surface area contributed by atoms with E-state index in [1.165, 1.54) is 12.3 Å². The van der Waals surface area contributed by atoms with Crippen LogP contribution in [0.5, 0.6) is 0 Å². The Morgan fingerprint density at radius 3 is 2.66 bits per heavy atom. The third kappa shape index (κ3) is 6.30. The molecule has 154 valence electrons. The van der Waals surface area contributed by atoms with Crippen molar-refractivity contribution < 1.29 is 18.7 Å². The minimum absolute atomic E-state index is 0.152. The molecule has 1 aromatic heterocycles. The van der Waals surface area contributed by atoms with Crippen LogP contribution in [0.1, 0.15) is 28.1 Å². The molecule has 2 N–H and O–H groups in total. The van der Waals surface area contributed by atoms with Gasteiger partial charge >= 0.3 is 0 Å². The summed E-state index contributed by atoms with van der Waals surface area (Å²) < 4.78 is 10.6. The lowest BCUT2D eigenvalue weighted by atomic mass is 10.1. The first-order chi connectivity index (χ1) is 14.1. The van der Waals surface area contributed by atoms with Crippen molar-refractivity contribution in [1.29, 1.82) is 0 Å². The number of rotatable bonds is 8. The predicted molar refractivity (Wildman–Crippen MR) is 110 cm³/mol. The van der Waals surface area contributed by atoms with E-state index >= 15 is 0 Å². The molecule has 1 aliphatic heterocycles. The van der Waals surface area contributed by atoms with Gasteiger partial charge in [0.05, 0.1) is 19.5 Å². The number of aryl methyl sites for hydroxylation is 1. The summed E-state index contributed by atoms with van der Waals surface area (Å²) in [6, 6.07) is 10.7. The molecule has 1 fully saturated rings. The third-order valence-electron chi connectivity index (χ3n) is 4.75. The smallest absolute Gasteiger partial charge is 0.267 e. The van der Waals surface area contributed by atoms with Gasteiger partial charge in [-0.1, -0.05) is 18.2 Å². The summed E-state index contributed by atoms with van der Waals surface area (Å²) >= 11 is 0.